The van der Waals surface area contributed by atoms with Crippen molar-refractivity contribution in [2.75, 3.05) is 19.1 Å². The molecule has 2 aromatic rings. The first kappa shape index (κ1) is 20.0. The molecule has 0 saturated carbocycles. The number of thioether (sulfide) groups is 1. The molecule has 0 fully saturated rings. The summed E-state index contributed by atoms with van der Waals surface area (Å²) in [5.74, 6) is -0.239. The zero-order chi connectivity index (χ0) is 18.9. The van der Waals surface area contributed by atoms with Gasteiger partial charge in [0, 0.05) is 11.3 Å². The predicted octanol–water partition coefficient (Wildman–Crippen LogP) is 3.94. The van der Waals surface area contributed by atoms with Crippen LogP contribution in [0, 0.1) is 0 Å². The van der Waals surface area contributed by atoms with E-state index in [9.17, 15) is 9.59 Å². The number of hydrogen-bond acceptors (Lipinski definition) is 4. The minimum absolute atomic E-state index is 0.278. The van der Waals surface area contributed by atoms with Gasteiger partial charge in [-0.15, -0.1) is 0 Å². The molecule has 0 aliphatic rings. The Morgan fingerprint density at radius 2 is 1.62 bits per heavy atom. The van der Waals surface area contributed by atoms with Crippen LogP contribution in [0.4, 0.5) is 0 Å². The monoisotopic (exact) mass is 371 g/mol. The van der Waals surface area contributed by atoms with E-state index in [4.69, 9.17) is 4.74 Å². The van der Waals surface area contributed by atoms with Crippen LogP contribution in [-0.2, 0) is 16.0 Å². The molecular weight excluding hydrogens is 346 g/mol. The molecule has 138 valence electrons. The van der Waals surface area contributed by atoms with E-state index in [0.717, 1.165) is 24.0 Å². The van der Waals surface area contributed by atoms with Crippen LogP contribution < -0.4 is 5.32 Å². The number of carbonyl (C=O) groups is 2. The second kappa shape index (κ2) is 10.0. The number of methoxy groups -OCH3 is 1. The van der Waals surface area contributed by atoms with Gasteiger partial charge in [0.15, 0.2) is 0 Å². The normalized spacial score (nSPS) is 11.7. The van der Waals surface area contributed by atoms with E-state index in [1.165, 1.54) is 24.4 Å². The van der Waals surface area contributed by atoms with Crippen LogP contribution in [0.3, 0.4) is 0 Å². The Bertz CT molecular complexity index is 726. The molecule has 4 nitrogen and oxygen atoms in total. The van der Waals surface area contributed by atoms with Gasteiger partial charge in [-0.25, -0.2) is 4.79 Å². The topological polar surface area (TPSA) is 55.4 Å². The first-order chi connectivity index (χ1) is 12.6. The highest BCUT2D eigenvalue weighted by molar-refractivity contribution is 7.98. The number of amides is 1. The van der Waals surface area contributed by atoms with Crippen LogP contribution in [0.2, 0.25) is 0 Å². The lowest BCUT2D eigenvalue weighted by atomic mass is 10.0. The van der Waals surface area contributed by atoms with E-state index >= 15 is 0 Å². The van der Waals surface area contributed by atoms with E-state index < -0.39 is 12.0 Å². The van der Waals surface area contributed by atoms with Crippen molar-refractivity contribution in [3.63, 3.8) is 0 Å². The molecule has 1 unspecified atom stereocenters. The number of aryl methyl sites for hydroxylation is 1. The number of rotatable bonds is 8. The van der Waals surface area contributed by atoms with Crippen LogP contribution in [0.1, 0.15) is 29.3 Å². The lowest BCUT2D eigenvalue weighted by Gasteiger charge is -2.15. The van der Waals surface area contributed by atoms with Crippen LogP contribution in [-0.4, -0.2) is 37.0 Å². The van der Waals surface area contributed by atoms with Gasteiger partial charge in [-0.05, 0) is 41.5 Å². The van der Waals surface area contributed by atoms with E-state index in [1.807, 2.05) is 18.4 Å². The van der Waals surface area contributed by atoms with Crippen LogP contribution in [0.15, 0.2) is 48.5 Å². The number of ether oxygens (including phenoxy) is 1. The molecule has 5 heteroatoms. The standard InChI is InChI=1S/C21H25NO3S/c1-4-5-15-6-8-16(9-7-15)17-10-12-18(13-11-17)20(23)22-19(14-26-3)21(24)25-2/h6-13,19H,4-5,14H2,1-3H3,(H,22,23). The summed E-state index contributed by atoms with van der Waals surface area (Å²) in [7, 11) is 1.32. The summed E-state index contributed by atoms with van der Waals surface area (Å²) < 4.78 is 4.74. The molecule has 0 heterocycles. The van der Waals surface area contributed by atoms with E-state index in [-0.39, 0.29) is 5.91 Å². The van der Waals surface area contributed by atoms with E-state index in [1.54, 1.807) is 12.1 Å². The Morgan fingerprint density at radius 1 is 1.04 bits per heavy atom. The molecule has 0 bridgehead atoms. The highest BCUT2D eigenvalue weighted by atomic mass is 32.2. The molecule has 0 aliphatic heterocycles. The Hall–Kier alpha value is -2.27. The van der Waals surface area contributed by atoms with Crippen LogP contribution in [0.25, 0.3) is 11.1 Å². The number of carbonyl (C=O) groups excluding carboxylic acids is 2. The third-order valence-electron chi connectivity index (χ3n) is 4.10. The van der Waals surface area contributed by atoms with Gasteiger partial charge in [0.25, 0.3) is 5.91 Å². The summed E-state index contributed by atoms with van der Waals surface area (Å²) in [4.78, 5) is 24.1. The SMILES string of the molecule is CCCc1ccc(-c2ccc(C(=O)NC(CSC)C(=O)OC)cc2)cc1. The average Bonchev–Trinajstić information content (AvgIpc) is 2.68. The zero-order valence-electron chi connectivity index (χ0n) is 15.5. The smallest absolute Gasteiger partial charge is 0.329 e. The van der Waals surface area contributed by atoms with Gasteiger partial charge in [-0.2, -0.15) is 11.8 Å². The summed E-state index contributed by atoms with van der Waals surface area (Å²) in [6.45, 7) is 2.17. The molecular formula is C21H25NO3S. The van der Waals surface area contributed by atoms with Crippen molar-refractivity contribution in [1.82, 2.24) is 5.32 Å². The van der Waals surface area contributed by atoms with Crippen molar-refractivity contribution >= 4 is 23.6 Å². The summed E-state index contributed by atoms with van der Waals surface area (Å²) in [6.07, 6.45) is 4.09. The van der Waals surface area contributed by atoms with Gasteiger partial charge < -0.3 is 10.1 Å². The van der Waals surface area contributed by atoms with Crippen molar-refractivity contribution in [2.24, 2.45) is 0 Å². The molecule has 0 aliphatic carbocycles. The summed E-state index contributed by atoms with van der Waals surface area (Å²) >= 11 is 1.48. The average molecular weight is 372 g/mol. The molecule has 1 N–H and O–H groups in total. The van der Waals surface area contributed by atoms with Crippen LogP contribution in [0.5, 0.6) is 0 Å². The van der Waals surface area contributed by atoms with Crippen molar-refractivity contribution in [2.45, 2.75) is 25.8 Å². The molecule has 2 rings (SSSR count). The molecule has 0 saturated heterocycles. The molecule has 0 aromatic heterocycles. The molecule has 0 spiro atoms. The minimum atomic E-state index is -0.645. The van der Waals surface area contributed by atoms with Gasteiger partial charge in [-0.1, -0.05) is 49.7 Å². The fourth-order valence-corrected chi connectivity index (χ4v) is 3.24. The predicted molar refractivity (Wildman–Crippen MR) is 108 cm³/mol. The second-order valence-corrected chi connectivity index (χ2v) is 6.94. The summed E-state index contributed by atoms with van der Waals surface area (Å²) in [5.41, 5.74) is 4.02. The quantitative estimate of drug-likeness (QED) is 0.714. The largest absolute Gasteiger partial charge is 0.467 e. The van der Waals surface area contributed by atoms with Crippen molar-refractivity contribution in [3.8, 4) is 11.1 Å². The first-order valence-corrected chi connectivity index (χ1v) is 10.1. The van der Waals surface area contributed by atoms with Crippen molar-refractivity contribution in [1.29, 1.82) is 0 Å². The number of nitrogens with one attached hydrogen (secondary N) is 1. The lowest BCUT2D eigenvalue weighted by molar-refractivity contribution is -0.142. The Morgan fingerprint density at radius 3 is 2.12 bits per heavy atom. The van der Waals surface area contributed by atoms with Gasteiger partial charge in [0.05, 0.1) is 7.11 Å². The minimum Gasteiger partial charge on any atom is -0.467 e. The molecule has 0 radical (unpaired) electrons. The molecule has 26 heavy (non-hydrogen) atoms. The number of benzene rings is 2. The molecule has 2 aromatic carbocycles. The Balaban J connectivity index is 2.08. The highest BCUT2D eigenvalue weighted by Crippen LogP contribution is 2.21. The fraction of sp³-hybridized carbons (Fsp3) is 0.333. The van der Waals surface area contributed by atoms with Crippen molar-refractivity contribution < 1.29 is 14.3 Å². The Kier molecular flexibility index (Phi) is 7.73. The maximum atomic E-state index is 12.4. The second-order valence-electron chi connectivity index (χ2n) is 6.03. The van der Waals surface area contributed by atoms with E-state index in [2.05, 4.69) is 36.5 Å². The zero-order valence-corrected chi connectivity index (χ0v) is 16.3. The Labute approximate surface area is 159 Å². The maximum Gasteiger partial charge on any atom is 0.329 e. The van der Waals surface area contributed by atoms with Gasteiger partial charge >= 0.3 is 5.97 Å². The van der Waals surface area contributed by atoms with Gasteiger partial charge in [-0.3, -0.25) is 4.79 Å². The summed E-state index contributed by atoms with van der Waals surface area (Å²) in [6, 6.07) is 15.2. The van der Waals surface area contributed by atoms with Gasteiger partial charge in [0.1, 0.15) is 6.04 Å². The number of esters is 1. The lowest BCUT2D eigenvalue weighted by Crippen LogP contribution is -2.43. The highest BCUT2D eigenvalue weighted by Gasteiger charge is 2.21. The molecule has 1 amide bonds. The first-order valence-electron chi connectivity index (χ1n) is 8.66. The van der Waals surface area contributed by atoms with Crippen LogP contribution >= 0.6 is 11.8 Å². The summed E-state index contributed by atoms with van der Waals surface area (Å²) in [5, 5.41) is 2.73. The third kappa shape index (κ3) is 5.36. The van der Waals surface area contributed by atoms with Crippen molar-refractivity contribution in [3.05, 3.63) is 59.7 Å². The molecule has 1 atom stereocenters. The fourth-order valence-electron chi connectivity index (χ4n) is 2.69. The maximum absolute atomic E-state index is 12.4. The van der Waals surface area contributed by atoms with Gasteiger partial charge in [0.2, 0.25) is 0 Å². The third-order valence-corrected chi connectivity index (χ3v) is 4.76. The number of hydrogen-bond donors (Lipinski definition) is 1. The van der Waals surface area contributed by atoms with E-state index in [0.29, 0.717) is 11.3 Å².